The SMILES string of the molecule is CC(=O)NC(CSc1cccc2ccccc12)C(=O)N[C@@H](Cc1ccccc1)[C@H](O)C(=O)N1CSC(C)(C)[C@H]1C(=O)NCc1ccccc1C. The summed E-state index contributed by atoms with van der Waals surface area (Å²) in [5.41, 5.74) is 2.82. The Kier molecular flexibility index (Phi) is 12.3. The first kappa shape index (κ1) is 36.9. The molecule has 4 aromatic rings. The van der Waals surface area contributed by atoms with Crippen molar-refractivity contribution in [1.29, 1.82) is 0 Å². The van der Waals surface area contributed by atoms with Crippen molar-refractivity contribution in [1.82, 2.24) is 20.9 Å². The lowest BCUT2D eigenvalue weighted by molar-refractivity contribution is -0.148. The first-order valence-electron chi connectivity index (χ1n) is 16.6. The molecular weight excluding hydrogens is 669 g/mol. The summed E-state index contributed by atoms with van der Waals surface area (Å²) in [7, 11) is 0. The summed E-state index contributed by atoms with van der Waals surface area (Å²) in [5, 5.41) is 22.4. The van der Waals surface area contributed by atoms with Crippen molar-refractivity contribution in [2.24, 2.45) is 0 Å². The fourth-order valence-corrected chi connectivity index (χ4v) is 8.40. The molecule has 11 heteroatoms. The first-order chi connectivity index (χ1) is 23.9. The average Bonchev–Trinajstić information content (AvgIpc) is 3.43. The summed E-state index contributed by atoms with van der Waals surface area (Å²) in [6.07, 6.45) is -1.51. The minimum absolute atomic E-state index is 0.150. The molecule has 0 aliphatic carbocycles. The van der Waals surface area contributed by atoms with Crippen LogP contribution in [0.2, 0.25) is 0 Å². The quantitative estimate of drug-likeness (QED) is 0.146. The topological polar surface area (TPSA) is 128 Å². The summed E-state index contributed by atoms with van der Waals surface area (Å²) in [6, 6.07) is 28.1. The standard InChI is InChI=1S/C39H44N4O5S2/c1-25-13-8-9-17-29(25)22-40-37(47)35-39(3,4)50-24-43(35)38(48)34(45)31(21-27-14-6-5-7-15-27)42-36(46)32(41-26(2)44)23-49-33-20-12-18-28-16-10-11-19-30(28)33/h5-20,31-32,34-35,45H,21-24H2,1-4H3,(H,40,47)(H,41,44)(H,42,46)/t31-,32?,34-,35+/m0/s1. The van der Waals surface area contributed by atoms with Crippen molar-refractivity contribution < 1.29 is 24.3 Å². The van der Waals surface area contributed by atoms with Gasteiger partial charge in [0.05, 0.1) is 11.9 Å². The smallest absolute Gasteiger partial charge is 0.254 e. The Labute approximate surface area is 302 Å². The molecule has 1 saturated heterocycles. The molecule has 9 nitrogen and oxygen atoms in total. The van der Waals surface area contributed by atoms with Crippen molar-refractivity contribution in [2.75, 3.05) is 11.6 Å². The summed E-state index contributed by atoms with van der Waals surface area (Å²) >= 11 is 2.90. The van der Waals surface area contributed by atoms with Gasteiger partial charge in [-0.25, -0.2) is 0 Å². The molecule has 0 radical (unpaired) electrons. The molecule has 0 aromatic heterocycles. The lowest BCUT2D eigenvalue weighted by atomic mass is 9.97. The van der Waals surface area contributed by atoms with Gasteiger partial charge in [0, 0.05) is 28.9 Å². The van der Waals surface area contributed by atoms with Crippen LogP contribution in [-0.4, -0.2) is 74.2 Å². The number of amides is 4. The molecule has 50 heavy (non-hydrogen) atoms. The zero-order valence-corrected chi connectivity index (χ0v) is 30.4. The van der Waals surface area contributed by atoms with Crippen molar-refractivity contribution in [2.45, 2.75) is 74.5 Å². The van der Waals surface area contributed by atoms with Crippen LogP contribution < -0.4 is 16.0 Å². The number of nitrogens with zero attached hydrogens (tertiary/aromatic N) is 1. The van der Waals surface area contributed by atoms with E-state index in [0.717, 1.165) is 32.4 Å². The molecule has 0 spiro atoms. The molecule has 4 atom stereocenters. The number of hydrogen-bond donors (Lipinski definition) is 4. The van der Waals surface area contributed by atoms with Crippen LogP contribution in [0.3, 0.4) is 0 Å². The number of nitrogens with one attached hydrogen (secondary N) is 3. The molecule has 1 aliphatic heterocycles. The van der Waals surface area contributed by atoms with E-state index < -0.39 is 40.8 Å². The zero-order chi connectivity index (χ0) is 35.8. The Morgan fingerprint density at radius 3 is 2.34 bits per heavy atom. The van der Waals surface area contributed by atoms with E-state index in [1.807, 2.05) is 118 Å². The third-order valence-electron chi connectivity index (χ3n) is 8.90. The van der Waals surface area contributed by atoms with E-state index in [4.69, 9.17) is 0 Å². The highest BCUT2D eigenvalue weighted by Gasteiger charge is 2.49. The van der Waals surface area contributed by atoms with Crippen LogP contribution in [0.5, 0.6) is 0 Å². The maximum atomic E-state index is 14.1. The molecule has 1 fully saturated rings. The van der Waals surface area contributed by atoms with Crippen LogP contribution >= 0.6 is 23.5 Å². The van der Waals surface area contributed by atoms with Gasteiger partial charge in [-0.3, -0.25) is 19.2 Å². The average molecular weight is 713 g/mol. The number of carbonyl (C=O) groups is 4. The number of benzene rings is 4. The maximum Gasteiger partial charge on any atom is 0.254 e. The van der Waals surface area contributed by atoms with Crippen molar-refractivity contribution in [3.05, 3.63) is 114 Å². The van der Waals surface area contributed by atoms with Crippen LogP contribution in [0.15, 0.2) is 102 Å². The highest BCUT2D eigenvalue weighted by Crippen LogP contribution is 2.40. The third kappa shape index (κ3) is 9.07. The highest BCUT2D eigenvalue weighted by molar-refractivity contribution is 8.01. The number of hydrogen-bond acceptors (Lipinski definition) is 7. The Morgan fingerprint density at radius 1 is 0.920 bits per heavy atom. The number of rotatable bonds is 13. The molecule has 262 valence electrons. The predicted octanol–water partition coefficient (Wildman–Crippen LogP) is 4.83. The van der Waals surface area contributed by atoms with Crippen molar-refractivity contribution >= 4 is 57.9 Å². The van der Waals surface area contributed by atoms with E-state index in [1.54, 1.807) is 0 Å². The number of aliphatic hydroxyl groups is 1. The zero-order valence-electron chi connectivity index (χ0n) is 28.7. The lowest BCUT2D eigenvalue weighted by Crippen LogP contribution is -2.60. The van der Waals surface area contributed by atoms with Gasteiger partial charge in [0.15, 0.2) is 6.10 Å². The predicted molar refractivity (Wildman–Crippen MR) is 201 cm³/mol. The molecule has 4 amide bonds. The van der Waals surface area contributed by atoms with Gasteiger partial charge in [0.2, 0.25) is 17.7 Å². The van der Waals surface area contributed by atoms with Gasteiger partial charge in [0.25, 0.3) is 5.91 Å². The van der Waals surface area contributed by atoms with Crippen LogP contribution in [0.25, 0.3) is 10.8 Å². The van der Waals surface area contributed by atoms with Gasteiger partial charge in [-0.15, -0.1) is 23.5 Å². The second-order valence-electron chi connectivity index (χ2n) is 13.0. The van der Waals surface area contributed by atoms with Gasteiger partial charge in [0.1, 0.15) is 12.1 Å². The van der Waals surface area contributed by atoms with Gasteiger partial charge < -0.3 is 26.0 Å². The third-order valence-corrected chi connectivity index (χ3v) is 11.4. The Hall–Kier alpha value is -4.32. The maximum absolute atomic E-state index is 14.1. The highest BCUT2D eigenvalue weighted by atomic mass is 32.2. The molecule has 0 saturated carbocycles. The van der Waals surface area contributed by atoms with E-state index >= 15 is 0 Å². The second kappa shape index (κ2) is 16.6. The molecule has 1 aliphatic rings. The Bertz CT molecular complexity index is 1830. The Balaban J connectivity index is 1.35. The lowest BCUT2D eigenvalue weighted by Gasteiger charge is -2.33. The van der Waals surface area contributed by atoms with Crippen molar-refractivity contribution in [3.63, 3.8) is 0 Å². The van der Waals surface area contributed by atoms with Crippen LogP contribution in [-0.2, 0) is 32.1 Å². The number of aryl methyl sites for hydroxylation is 1. The van der Waals surface area contributed by atoms with Gasteiger partial charge >= 0.3 is 0 Å². The summed E-state index contributed by atoms with van der Waals surface area (Å²) in [4.78, 5) is 56.3. The van der Waals surface area contributed by atoms with Crippen LogP contribution in [0.1, 0.15) is 37.5 Å². The molecule has 4 aromatic carbocycles. The number of fused-ring (bicyclic) bond motifs is 1. The molecule has 4 N–H and O–H groups in total. The molecule has 5 rings (SSSR count). The van der Waals surface area contributed by atoms with E-state index in [2.05, 4.69) is 16.0 Å². The van der Waals surface area contributed by atoms with Crippen LogP contribution in [0, 0.1) is 6.92 Å². The van der Waals surface area contributed by atoms with Gasteiger partial charge in [-0.2, -0.15) is 0 Å². The van der Waals surface area contributed by atoms with Gasteiger partial charge in [-0.1, -0.05) is 91.0 Å². The number of thioether (sulfide) groups is 2. The Morgan fingerprint density at radius 2 is 1.60 bits per heavy atom. The molecule has 0 bridgehead atoms. The normalized spacial score (nSPS) is 17.1. The van der Waals surface area contributed by atoms with E-state index in [1.165, 1.54) is 35.3 Å². The van der Waals surface area contributed by atoms with E-state index in [0.29, 0.717) is 6.54 Å². The summed E-state index contributed by atoms with van der Waals surface area (Å²) in [6.45, 7) is 7.44. The fourth-order valence-electron chi connectivity index (χ4n) is 6.16. The number of aliphatic hydroxyl groups excluding tert-OH is 1. The molecular formula is C39H44N4O5S2. The molecule has 1 heterocycles. The van der Waals surface area contributed by atoms with Crippen molar-refractivity contribution in [3.8, 4) is 0 Å². The summed E-state index contributed by atoms with van der Waals surface area (Å²) < 4.78 is -0.626. The van der Waals surface area contributed by atoms with E-state index in [9.17, 15) is 24.3 Å². The summed E-state index contributed by atoms with van der Waals surface area (Å²) in [5.74, 6) is -1.44. The monoisotopic (exact) mass is 712 g/mol. The van der Waals surface area contributed by atoms with E-state index in [-0.39, 0.29) is 29.9 Å². The second-order valence-corrected chi connectivity index (χ2v) is 15.7. The minimum Gasteiger partial charge on any atom is -0.381 e. The van der Waals surface area contributed by atoms with Gasteiger partial charge in [-0.05, 0) is 60.7 Å². The van der Waals surface area contributed by atoms with Crippen LogP contribution in [0.4, 0.5) is 0 Å². The fraction of sp³-hybridized carbons (Fsp3) is 0.333. The number of carbonyl (C=O) groups excluding carboxylic acids is 4. The minimum atomic E-state index is -1.66. The first-order valence-corrected chi connectivity index (χ1v) is 18.6. The molecule has 1 unspecified atom stereocenters. The largest absolute Gasteiger partial charge is 0.381 e.